The van der Waals surface area contributed by atoms with E-state index >= 15 is 0 Å². The maximum absolute atomic E-state index is 12.4. The molecule has 1 saturated heterocycles. The highest BCUT2D eigenvalue weighted by atomic mass is 16.2. The van der Waals surface area contributed by atoms with Crippen LogP contribution in [0, 0.1) is 0 Å². The third-order valence-corrected chi connectivity index (χ3v) is 4.89. The van der Waals surface area contributed by atoms with E-state index in [1.165, 1.54) is 12.3 Å². The van der Waals surface area contributed by atoms with E-state index in [4.69, 9.17) is 5.73 Å². The molecule has 11 nitrogen and oxygen atoms in total. The second kappa shape index (κ2) is 8.11. The summed E-state index contributed by atoms with van der Waals surface area (Å²) in [4.78, 5) is 61.2. The van der Waals surface area contributed by atoms with Crippen LogP contribution in [0.2, 0.25) is 0 Å². The average molecular weight is 390 g/mol. The molecule has 2 heterocycles. The van der Waals surface area contributed by atoms with Crippen molar-refractivity contribution in [3.8, 4) is 0 Å². The van der Waals surface area contributed by atoms with Crippen molar-refractivity contribution in [1.29, 1.82) is 0 Å². The minimum absolute atomic E-state index is 0.135. The molecule has 7 N–H and O–H groups in total. The summed E-state index contributed by atoms with van der Waals surface area (Å²) >= 11 is 0. The van der Waals surface area contributed by atoms with Gasteiger partial charge in [0.05, 0.1) is 12.0 Å². The quantitative estimate of drug-likeness (QED) is 0.336. The molecule has 1 aromatic heterocycles. The standard InChI is InChI=1S/C17H22N6O5/c18-14(25)11-5-8(7-19-11)15(26)21-10-4-2-1-3-9(10)20-13(24)6-12-16(27)23-17(28)22-12/h5,7,9-10,12,19H,1-4,6H2,(H2,18,25)(H,20,24)(H,21,26)(H2,22,23,27,28)/t9-,10+,12?/m0/s1. The lowest BCUT2D eigenvalue weighted by Gasteiger charge is -2.33. The van der Waals surface area contributed by atoms with Gasteiger partial charge in [-0.25, -0.2) is 4.79 Å². The fraction of sp³-hybridized carbons (Fsp3) is 0.471. The van der Waals surface area contributed by atoms with Gasteiger partial charge in [0.1, 0.15) is 11.7 Å². The van der Waals surface area contributed by atoms with Crippen LogP contribution < -0.4 is 27.0 Å². The molecule has 3 atom stereocenters. The first-order valence-corrected chi connectivity index (χ1v) is 9.03. The summed E-state index contributed by atoms with van der Waals surface area (Å²) in [5.41, 5.74) is 5.58. The Balaban J connectivity index is 1.57. The third kappa shape index (κ3) is 4.48. The van der Waals surface area contributed by atoms with E-state index in [0.29, 0.717) is 12.8 Å². The number of urea groups is 1. The normalized spacial score (nSPS) is 24.2. The predicted molar refractivity (Wildman–Crippen MR) is 96.0 cm³/mol. The van der Waals surface area contributed by atoms with E-state index in [1.807, 2.05) is 0 Å². The highest BCUT2D eigenvalue weighted by Crippen LogP contribution is 2.19. The van der Waals surface area contributed by atoms with E-state index in [2.05, 4.69) is 26.3 Å². The first kappa shape index (κ1) is 19.4. The van der Waals surface area contributed by atoms with Crippen molar-refractivity contribution in [3.63, 3.8) is 0 Å². The van der Waals surface area contributed by atoms with Gasteiger partial charge < -0.3 is 26.7 Å². The Bertz CT molecular complexity index is 819. The monoisotopic (exact) mass is 390 g/mol. The highest BCUT2D eigenvalue weighted by molar-refractivity contribution is 6.05. The first-order valence-electron chi connectivity index (χ1n) is 9.03. The summed E-state index contributed by atoms with van der Waals surface area (Å²) in [6.07, 6.45) is 4.39. The fourth-order valence-corrected chi connectivity index (χ4v) is 3.45. The molecule has 0 bridgehead atoms. The number of hydrogen-bond donors (Lipinski definition) is 6. The molecule has 11 heteroatoms. The Morgan fingerprint density at radius 1 is 1.11 bits per heavy atom. The second-order valence-electron chi connectivity index (χ2n) is 6.92. The van der Waals surface area contributed by atoms with Gasteiger partial charge in [-0.15, -0.1) is 0 Å². The number of primary amides is 1. The van der Waals surface area contributed by atoms with Gasteiger partial charge in [-0.3, -0.25) is 24.5 Å². The maximum atomic E-state index is 12.4. The van der Waals surface area contributed by atoms with Crippen molar-refractivity contribution in [2.45, 2.75) is 50.2 Å². The summed E-state index contributed by atoms with van der Waals surface area (Å²) in [5.74, 6) is -1.96. The van der Waals surface area contributed by atoms with Crippen LogP contribution in [0.25, 0.3) is 0 Å². The van der Waals surface area contributed by atoms with Gasteiger partial charge in [0.25, 0.3) is 17.7 Å². The van der Waals surface area contributed by atoms with Gasteiger partial charge in [0.2, 0.25) is 5.91 Å². The van der Waals surface area contributed by atoms with Crippen molar-refractivity contribution < 1.29 is 24.0 Å². The smallest absolute Gasteiger partial charge is 0.322 e. The second-order valence-corrected chi connectivity index (χ2v) is 6.92. The predicted octanol–water partition coefficient (Wildman–Crippen LogP) is -1.13. The van der Waals surface area contributed by atoms with Gasteiger partial charge in [0.15, 0.2) is 0 Å². The molecule has 6 amide bonds. The zero-order valence-electron chi connectivity index (χ0n) is 15.0. The molecule has 28 heavy (non-hydrogen) atoms. The van der Waals surface area contributed by atoms with Gasteiger partial charge in [-0.1, -0.05) is 12.8 Å². The molecule has 2 aliphatic rings. The number of imide groups is 1. The number of aromatic nitrogens is 1. The Labute approximate surface area is 160 Å². The summed E-state index contributed by atoms with van der Waals surface area (Å²) in [6, 6.07) is -0.720. The van der Waals surface area contributed by atoms with E-state index in [-0.39, 0.29) is 41.6 Å². The Morgan fingerprint density at radius 2 is 1.79 bits per heavy atom. The van der Waals surface area contributed by atoms with Crippen molar-refractivity contribution in [2.75, 3.05) is 0 Å². The molecule has 0 aromatic carbocycles. The van der Waals surface area contributed by atoms with E-state index in [1.54, 1.807) is 0 Å². The van der Waals surface area contributed by atoms with Crippen LogP contribution >= 0.6 is 0 Å². The fourth-order valence-electron chi connectivity index (χ4n) is 3.45. The van der Waals surface area contributed by atoms with Crippen molar-refractivity contribution in [2.24, 2.45) is 5.73 Å². The zero-order valence-corrected chi connectivity index (χ0v) is 15.0. The molecule has 1 aromatic rings. The number of aromatic amines is 1. The molecule has 0 radical (unpaired) electrons. The summed E-state index contributed by atoms with van der Waals surface area (Å²) in [5, 5.41) is 10.2. The number of hydrogen-bond acceptors (Lipinski definition) is 5. The van der Waals surface area contributed by atoms with Crippen molar-refractivity contribution in [1.82, 2.24) is 26.3 Å². The van der Waals surface area contributed by atoms with Crippen LogP contribution in [0.5, 0.6) is 0 Å². The van der Waals surface area contributed by atoms with Crippen LogP contribution in [0.3, 0.4) is 0 Å². The number of nitrogens with two attached hydrogens (primary N) is 1. The molecule has 1 aliphatic heterocycles. The van der Waals surface area contributed by atoms with Gasteiger partial charge in [0, 0.05) is 18.3 Å². The topological polar surface area (TPSA) is 175 Å². The first-order chi connectivity index (χ1) is 13.3. The van der Waals surface area contributed by atoms with Crippen LogP contribution in [-0.4, -0.2) is 52.8 Å². The van der Waals surface area contributed by atoms with Crippen LogP contribution in [-0.2, 0) is 9.59 Å². The SMILES string of the molecule is NC(=O)c1cc(C(=O)N[C@@H]2CCCC[C@@H]2NC(=O)CC2NC(=O)NC2=O)c[nH]1. The minimum Gasteiger partial charge on any atom is -0.364 e. The van der Waals surface area contributed by atoms with Crippen LogP contribution in [0.15, 0.2) is 12.3 Å². The number of rotatable bonds is 6. The maximum Gasteiger partial charge on any atom is 0.322 e. The van der Waals surface area contributed by atoms with E-state index < -0.39 is 23.9 Å². The average Bonchev–Trinajstić information content (AvgIpc) is 3.24. The van der Waals surface area contributed by atoms with Crippen molar-refractivity contribution in [3.05, 3.63) is 23.5 Å². The number of carbonyl (C=O) groups excluding carboxylic acids is 5. The molecule has 1 aliphatic carbocycles. The number of nitrogens with one attached hydrogen (secondary N) is 5. The van der Waals surface area contributed by atoms with E-state index in [9.17, 15) is 24.0 Å². The van der Waals surface area contributed by atoms with Gasteiger partial charge >= 0.3 is 6.03 Å². The molecule has 0 spiro atoms. The molecule has 3 rings (SSSR count). The number of amides is 6. The number of H-pyrrole nitrogens is 1. The zero-order chi connectivity index (χ0) is 20.3. The van der Waals surface area contributed by atoms with Crippen molar-refractivity contribution >= 4 is 29.7 Å². The van der Waals surface area contributed by atoms with Crippen LogP contribution in [0.4, 0.5) is 4.79 Å². The Hall–Kier alpha value is -3.37. The lowest BCUT2D eigenvalue weighted by molar-refractivity contribution is -0.127. The molecule has 1 saturated carbocycles. The molecule has 1 unspecified atom stereocenters. The largest absolute Gasteiger partial charge is 0.364 e. The molecular formula is C17H22N6O5. The summed E-state index contributed by atoms with van der Waals surface area (Å²) in [7, 11) is 0. The Morgan fingerprint density at radius 3 is 2.36 bits per heavy atom. The van der Waals surface area contributed by atoms with Gasteiger partial charge in [-0.05, 0) is 18.9 Å². The summed E-state index contributed by atoms with van der Waals surface area (Å²) < 4.78 is 0. The van der Waals surface area contributed by atoms with Gasteiger partial charge in [-0.2, -0.15) is 0 Å². The molecular weight excluding hydrogens is 368 g/mol. The van der Waals surface area contributed by atoms with Crippen LogP contribution in [0.1, 0.15) is 53.0 Å². The Kier molecular flexibility index (Phi) is 5.62. The summed E-state index contributed by atoms with van der Waals surface area (Å²) in [6.45, 7) is 0. The van der Waals surface area contributed by atoms with E-state index in [0.717, 1.165) is 12.8 Å². The molecule has 2 fully saturated rings. The lowest BCUT2D eigenvalue weighted by Crippen LogP contribution is -2.53. The highest BCUT2D eigenvalue weighted by Gasteiger charge is 2.33. The number of carbonyl (C=O) groups is 5. The lowest BCUT2D eigenvalue weighted by atomic mass is 9.90. The minimum atomic E-state index is -0.892. The third-order valence-electron chi connectivity index (χ3n) is 4.89. The molecule has 150 valence electrons.